The van der Waals surface area contributed by atoms with Crippen molar-refractivity contribution in [2.45, 2.75) is 51.9 Å². The third-order valence-electron chi connectivity index (χ3n) is 3.39. The summed E-state index contributed by atoms with van der Waals surface area (Å²) in [6, 6.07) is 7.55. The van der Waals surface area contributed by atoms with Gasteiger partial charge in [-0.3, -0.25) is 0 Å². The van der Waals surface area contributed by atoms with Gasteiger partial charge in [-0.15, -0.1) is 0 Å². The molecule has 0 aliphatic carbocycles. The summed E-state index contributed by atoms with van der Waals surface area (Å²) in [4.78, 5) is 11.6. The smallest absolute Gasteiger partial charge is 0.338 e. The van der Waals surface area contributed by atoms with Crippen LogP contribution >= 0.6 is 0 Å². The van der Waals surface area contributed by atoms with Gasteiger partial charge in [0.05, 0.1) is 12.7 Å². The fraction of sp³-hybridized carbons (Fsp3) is 0.500. The van der Waals surface area contributed by atoms with Gasteiger partial charge in [-0.1, -0.05) is 69.4 Å². The quantitative estimate of drug-likeness (QED) is 0.455. The Morgan fingerprint density at radius 1 is 1.10 bits per heavy atom. The highest BCUT2D eigenvalue weighted by atomic mass is 16.5. The van der Waals surface area contributed by atoms with Gasteiger partial charge >= 0.3 is 5.97 Å². The molecule has 0 aliphatic rings. The fourth-order valence-corrected chi connectivity index (χ4v) is 2.19. The van der Waals surface area contributed by atoms with Gasteiger partial charge in [0.15, 0.2) is 0 Å². The van der Waals surface area contributed by atoms with Crippen LogP contribution in [0.1, 0.15) is 67.8 Å². The molecular formula is C18H26O2. The van der Waals surface area contributed by atoms with Gasteiger partial charge in [-0.25, -0.2) is 4.79 Å². The minimum atomic E-state index is -0.273. The number of carbonyl (C=O) groups is 1. The lowest BCUT2D eigenvalue weighted by atomic mass is 10.1. The van der Waals surface area contributed by atoms with Crippen molar-refractivity contribution in [3.8, 4) is 0 Å². The van der Waals surface area contributed by atoms with E-state index in [-0.39, 0.29) is 5.97 Å². The number of esters is 1. The normalized spacial score (nSPS) is 10.9. The maximum atomic E-state index is 11.6. The van der Waals surface area contributed by atoms with Crippen LogP contribution in [0.25, 0.3) is 6.08 Å². The molecule has 1 aromatic rings. The zero-order valence-electron chi connectivity index (χ0n) is 12.7. The van der Waals surface area contributed by atoms with Crippen LogP contribution < -0.4 is 0 Å². The second-order valence-corrected chi connectivity index (χ2v) is 5.04. The minimum absolute atomic E-state index is 0.273. The zero-order valence-corrected chi connectivity index (χ0v) is 12.7. The molecule has 0 unspecified atom stereocenters. The van der Waals surface area contributed by atoms with Gasteiger partial charge in [-0.05, 0) is 24.5 Å². The second-order valence-electron chi connectivity index (χ2n) is 5.04. The maximum absolute atomic E-state index is 11.6. The van der Waals surface area contributed by atoms with E-state index in [4.69, 9.17) is 4.74 Å². The summed E-state index contributed by atoms with van der Waals surface area (Å²) >= 11 is 0. The lowest BCUT2D eigenvalue weighted by molar-refractivity contribution is 0.0600. The van der Waals surface area contributed by atoms with E-state index in [0.29, 0.717) is 5.56 Å². The zero-order chi connectivity index (χ0) is 14.6. The summed E-state index contributed by atoms with van der Waals surface area (Å²) < 4.78 is 4.79. The van der Waals surface area contributed by atoms with Crippen LogP contribution in [0.4, 0.5) is 0 Å². The lowest BCUT2D eigenvalue weighted by Crippen LogP contribution is -2.02. The molecule has 1 rings (SSSR count). The van der Waals surface area contributed by atoms with Crippen molar-refractivity contribution in [3.05, 3.63) is 41.5 Å². The maximum Gasteiger partial charge on any atom is 0.338 e. The topological polar surface area (TPSA) is 26.3 Å². The number of hydrogen-bond acceptors (Lipinski definition) is 2. The number of methoxy groups -OCH3 is 1. The highest BCUT2D eigenvalue weighted by Crippen LogP contribution is 2.13. The fourth-order valence-electron chi connectivity index (χ4n) is 2.19. The lowest BCUT2D eigenvalue weighted by Gasteiger charge is -2.03. The molecule has 0 heterocycles. The molecule has 0 N–H and O–H groups in total. The van der Waals surface area contributed by atoms with Crippen molar-refractivity contribution in [3.63, 3.8) is 0 Å². The first-order valence-electron chi connectivity index (χ1n) is 7.63. The van der Waals surface area contributed by atoms with Crippen molar-refractivity contribution < 1.29 is 9.53 Å². The Morgan fingerprint density at radius 3 is 2.55 bits per heavy atom. The molecule has 20 heavy (non-hydrogen) atoms. The first-order chi connectivity index (χ1) is 9.79. The monoisotopic (exact) mass is 274 g/mol. The van der Waals surface area contributed by atoms with Crippen molar-refractivity contribution >= 4 is 12.0 Å². The molecule has 0 aliphatic heterocycles. The SMILES string of the molecule is CCCCCCCC/C=C/c1ccccc1C(=O)OC. The number of hydrogen-bond donors (Lipinski definition) is 0. The molecule has 0 saturated heterocycles. The minimum Gasteiger partial charge on any atom is -0.465 e. The summed E-state index contributed by atoms with van der Waals surface area (Å²) in [6.45, 7) is 2.24. The highest BCUT2D eigenvalue weighted by Gasteiger charge is 2.07. The molecule has 1 aromatic carbocycles. The summed E-state index contributed by atoms with van der Waals surface area (Å²) in [5, 5.41) is 0. The molecule has 0 bridgehead atoms. The Balaban J connectivity index is 2.37. The standard InChI is InChI=1S/C18H26O2/c1-3-4-5-6-7-8-9-10-13-16-14-11-12-15-17(16)18(19)20-2/h10-15H,3-9H2,1-2H3/b13-10+. The largest absolute Gasteiger partial charge is 0.465 e. The van der Waals surface area contributed by atoms with Crippen LogP contribution in [0.3, 0.4) is 0 Å². The van der Waals surface area contributed by atoms with Gasteiger partial charge in [0, 0.05) is 0 Å². The Kier molecular flexibility index (Phi) is 8.44. The van der Waals surface area contributed by atoms with E-state index in [1.165, 1.54) is 45.6 Å². The summed E-state index contributed by atoms with van der Waals surface area (Å²) in [6.07, 6.45) is 13.1. The van der Waals surface area contributed by atoms with Gasteiger partial charge in [-0.2, -0.15) is 0 Å². The average Bonchev–Trinajstić information content (AvgIpc) is 2.49. The summed E-state index contributed by atoms with van der Waals surface area (Å²) in [5.41, 5.74) is 1.57. The molecule has 0 amide bonds. The van der Waals surface area contributed by atoms with Crippen LogP contribution in [-0.2, 0) is 4.74 Å². The predicted molar refractivity (Wildman–Crippen MR) is 84.8 cm³/mol. The Labute approximate surface area is 122 Å². The molecule has 0 atom stereocenters. The van der Waals surface area contributed by atoms with Crippen LogP contribution in [0, 0.1) is 0 Å². The van der Waals surface area contributed by atoms with E-state index in [1.54, 1.807) is 6.07 Å². The van der Waals surface area contributed by atoms with E-state index in [1.807, 2.05) is 24.3 Å². The summed E-state index contributed by atoms with van der Waals surface area (Å²) in [7, 11) is 1.42. The number of allylic oxidation sites excluding steroid dienone is 1. The van der Waals surface area contributed by atoms with Crippen molar-refractivity contribution in [1.29, 1.82) is 0 Å². The van der Waals surface area contributed by atoms with Gasteiger partial charge < -0.3 is 4.74 Å². The Bertz CT molecular complexity index is 421. The first kappa shape index (κ1) is 16.5. The van der Waals surface area contributed by atoms with Crippen molar-refractivity contribution in [2.24, 2.45) is 0 Å². The highest BCUT2D eigenvalue weighted by molar-refractivity contribution is 5.93. The molecule has 0 radical (unpaired) electrons. The number of unbranched alkanes of at least 4 members (excludes halogenated alkanes) is 6. The Morgan fingerprint density at radius 2 is 1.80 bits per heavy atom. The van der Waals surface area contributed by atoms with Crippen LogP contribution in [0.15, 0.2) is 30.3 Å². The van der Waals surface area contributed by atoms with Crippen molar-refractivity contribution in [2.75, 3.05) is 7.11 Å². The summed E-state index contributed by atoms with van der Waals surface area (Å²) in [5.74, 6) is -0.273. The molecular weight excluding hydrogens is 248 g/mol. The average molecular weight is 274 g/mol. The third-order valence-corrected chi connectivity index (χ3v) is 3.39. The van der Waals surface area contributed by atoms with E-state index in [2.05, 4.69) is 13.0 Å². The van der Waals surface area contributed by atoms with Crippen LogP contribution in [0.2, 0.25) is 0 Å². The first-order valence-corrected chi connectivity index (χ1v) is 7.63. The molecule has 0 aromatic heterocycles. The van der Waals surface area contributed by atoms with Crippen LogP contribution in [-0.4, -0.2) is 13.1 Å². The predicted octanol–water partition coefficient (Wildman–Crippen LogP) is 5.24. The second kappa shape index (κ2) is 10.2. The molecule has 110 valence electrons. The van der Waals surface area contributed by atoms with E-state index >= 15 is 0 Å². The van der Waals surface area contributed by atoms with E-state index in [9.17, 15) is 4.79 Å². The molecule has 0 fully saturated rings. The van der Waals surface area contributed by atoms with Crippen LogP contribution in [0.5, 0.6) is 0 Å². The van der Waals surface area contributed by atoms with Gasteiger partial charge in [0.25, 0.3) is 0 Å². The molecule has 0 spiro atoms. The molecule has 2 heteroatoms. The van der Waals surface area contributed by atoms with E-state index in [0.717, 1.165) is 12.0 Å². The number of benzene rings is 1. The Hall–Kier alpha value is -1.57. The van der Waals surface area contributed by atoms with E-state index < -0.39 is 0 Å². The molecule has 2 nitrogen and oxygen atoms in total. The third kappa shape index (κ3) is 6.05. The molecule has 0 saturated carbocycles. The number of carbonyl (C=O) groups excluding carboxylic acids is 1. The number of ether oxygens (including phenoxy) is 1. The van der Waals surface area contributed by atoms with Crippen molar-refractivity contribution in [1.82, 2.24) is 0 Å². The van der Waals surface area contributed by atoms with Gasteiger partial charge in [0.2, 0.25) is 0 Å². The van der Waals surface area contributed by atoms with Gasteiger partial charge in [0.1, 0.15) is 0 Å². The number of rotatable bonds is 9.